The molecule has 1 N–H and O–H groups in total. The second kappa shape index (κ2) is 6.10. The average Bonchev–Trinajstić information content (AvgIpc) is 2.85. The maximum Gasteiger partial charge on any atom is 0.148 e. The Bertz CT molecular complexity index is 465. The van der Waals surface area contributed by atoms with Crippen LogP contribution in [0.5, 0.6) is 5.75 Å². The van der Waals surface area contributed by atoms with Crippen LogP contribution in [0.15, 0.2) is 42.6 Å². The number of nitrogens with one attached hydrogen (secondary N) is 1. The normalized spacial score (nSPS) is 10.6. The van der Waals surface area contributed by atoms with Crippen molar-refractivity contribution in [2.45, 2.75) is 19.9 Å². The Morgan fingerprint density at radius 3 is 2.67 bits per heavy atom. The molecule has 0 saturated carbocycles. The molecule has 4 heteroatoms. The quantitative estimate of drug-likeness (QED) is 0.795. The Hall–Kier alpha value is -1.97. The van der Waals surface area contributed by atoms with Crippen LogP contribution in [0.2, 0.25) is 0 Å². The molecule has 1 aromatic carbocycles. The van der Waals surface area contributed by atoms with Gasteiger partial charge in [0.25, 0.3) is 0 Å². The van der Waals surface area contributed by atoms with Crippen molar-refractivity contribution in [2.24, 2.45) is 0 Å². The number of anilines is 1. The molecule has 0 aliphatic carbocycles. The van der Waals surface area contributed by atoms with Crippen LogP contribution < -0.4 is 10.1 Å². The Morgan fingerprint density at radius 1 is 1.22 bits per heavy atom. The molecule has 1 aromatic heterocycles. The molecule has 0 radical (unpaired) electrons. The summed E-state index contributed by atoms with van der Waals surface area (Å²) in [6.07, 6.45) is 1.98. The maximum absolute atomic E-state index is 5.58. The van der Waals surface area contributed by atoms with Gasteiger partial charge in [-0.15, -0.1) is 0 Å². The third-order valence-corrected chi connectivity index (χ3v) is 2.56. The molecule has 0 aliphatic rings. The largest absolute Gasteiger partial charge is 0.492 e. The molecule has 0 aliphatic heterocycles. The number of para-hydroxylation sites is 1. The van der Waals surface area contributed by atoms with E-state index in [0.29, 0.717) is 12.6 Å². The number of hydrogen-bond acceptors (Lipinski definition) is 3. The summed E-state index contributed by atoms with van der Waals surface area (Å²) in [5.41, 5.74) is 0. The van der Waals surface area contributed by atoms with E-state index in [1.54, 1.807) is 0 Å². The van der Waals surface area contributed by atoms with Crippen LogP contribution in [0.3, 0.4) is 0 Å². The van der Waals surface area contributed by atoms with Crippen LogP contribution in [0, 0.1) is 0 Å². The fourth-order valence-corrected chi connectivity index (χ4v) is 1.58. The number of hydrogen-bond donors (Lipinski definition) is 1. The number of aromatic nitrogens is 2. The molecule has 0 saturated heterocycles. The Balaban J connectivity index is 1.72. The Kier molecular flexibility index (Phi) is 4.23. The molecule has 1 heterocycles. The lowest BCUT2D eigenvalue weighted by Gasteiger charge is -2.07. The zero-order valence-electron chi connectivity index (χ0n) is 10.8. The maximum atomic E-state index is 5.58. The van der Waals surface area contributed by atoms with E-state index in [4.69, 9.17) is 4.74 Å². The molecule has 2 rings (SSSR count). The summed E-state index contributed by atoms with van der Waals surface area (Å²) in [5.74, 6) is 1.78. The van der Waals surface area contributed by atoms with Gasteiger partial charge in [-0.25, -0.2) is 0 Å². The van der Waals surface area contributed by atoms with Crippen molar-refractivity contribution in [1.82, 2.24) is 9.78 Å². The Labute approximate surface area is 108 Å². The van der Waals surface area contributed by atoms with E-state index in [2.05, 4.69) is 24.3 Å². The summed E-state index contributed by atoms with van der Waals surface area (Å²) in [5, 5.41) is 7.64. The lowest BCUT2D eigenvalue weighted by atomic mass is 10.3. The fourth-order valence-electron chi connectivity index (χ4n) is 1.58. The number of ether oxygens (including phenoxy) is 1. The van der Waals surface area contributed by atoms with Crippen LogP contribution in [0.1, 0.15) is 19.9 Å². The zero-order valence-corrected chi connectivity index (χ0v) is 10.8. The van der Waals surface area contributed by atoms with Gasteiger partial charge in [0.2, 0.25) is 0 Å². The molecule has 18 heavy (non-hydrogen) atoms. The summed E-state index contributed by atoms with van der Waals surface area (Å²) < 4.78 is 7.52. The van der Waals surface area contributed by atoms with Crippen LogP contribution >= 0.6 is 0 Å². The first-order valence-corrected chi connectivity index (χ1v) is 6.22. The predicted octanol–water partition coefficient (Wildman–Crippen LogP) is 2.95. The third kappa shape index (κ3) is 3.52. The van der Waals surface area contributed by atoms with Gasteiger partial charge in [0, 0.05) is 18.3 Å². The Morgan fingerprint density at radius 2 is 2.00 bits per heavy atom. The van der Waals surface area contributed by atoms with Gasteiger partial charge < -0.3 is 10.1 Å². The minimum atomic E-state index is 0.390. The minimum absolute atomic E-state index is 0.390. The summed E-state index contributed by atoms with van der Waals surface area (Å²) in [6.45, 7) is 5.58. The van der Waals surface area contributed by atoms with Crippen LogP contribution in [0.4, 0.5) is 5.82 Å². The molecular formula is C14H19N3O. The number of rotatable bonds is 6. The van der Waals surface area contributed by atoms with E-state index < -0.39 is 0 Å². The summed E-state index contributed by atoms with van der Waals surface area (Å²) >= 11 is 0. The summed E-state index contributed by atoms with van der Waals surface area (Å²) in [6, 6.07) is 12.2. The topological polar surface area (TPSA) is 39.1 Å². The van der Waals surface area contributed by atoms with E-state index in [9.17, 15) is 0 Å². The van der Waals surface area contributed by atoms with Crippen molar-refractivity contribution >= 4 is 5.82 Å². The molecule has 2 aromatic rings. The molecule has 0 unspecified atom stereocenters. The van der Waals surface area contributed by atoms with E-state index in [1.165, 1.54) is 0 Å². The first kappa shape index (κ1) is 12.5. The van der Waals surface area contributed by atoms with Crippen molar-refractivity contribution < 1.29 is 4.74 Å². The van der Waals surface area contributed by atoms with E-state index in [0.717, 1.165) is 18.1 Å². The van der Waals surface area contributed by atoms with Crippen molar-refractivity contribution in [3.8, 4) is 5.75 Å². The average molecular weight is 245 g/mol. The standard InChI is InChI=1S/C14H19N3O/c1-12(2)17-10-8-14(16-17)15-9-11-18-13-6-4-3-5-7-13/h3-8,10,12H,9,11H2,1-2H3,(H,15,16). The monoisotopic (exact) mass is 245 g/mol. The molecule has 0 bridgehead atoms. The van der Waals surface area contributed by atoms with Crippen molar-refractivity contribution in [2.75, 3.05) is 18.5 Å². The first-order valence-electron chi connectivity index (χ1n) is 6.22. The van der Waals surface area contributed by atoms with Gasteiger partial charge in [0.1, 0.15) is 18.2 Å². The van der Waals surface area contributed by atoms with E-state index in [-0.39, 0.29) is 0 Å². The minimum Gasteiger partial charge on any atom is -0.492 e. The second-order valence-corrected chi connectivity index (χ2v) is 4.36. The fraction of sp³-hybridized carbons (Fsp3) is 0.357. The molecule has 4 nitrogen and oxygen atoms in total. The lowest BCUT2D eigenvalue weighted by molar-refractivity contribution is 0.332. The SMILES string of the molecule is CC(C)n1ccc(NCCOc2ccccc2)n1. The van der Waals surface area contributed by atoms with Crippen molar-refractivity contribution in [1.29, 1.82) is 0 Å². The van der Waals surface area contributed by atoms with Crippen molar-refractivity contribution in [3.05, 3.63) is 42.6 Å². The molecule has 0 amide bonds. The van der Waals surface area contributed by atoms with E-state index >= 15 is 0 Å². The highest BCUT2D eigenvalue weighted by Crippen LogP contribution is 2.09. The van der Waals surface area contributed by atoms with Gasteiger partial charge in [-0.3, -0.25) is 4.68 Å². The van der Waals surface area contributed by atoms with Gasteiger partial charge in [0.15, 0.2) is 0 Å². The van der Waals surface area contributed by atoms with Gasteiger partial charge in [0.05, 0.1) is 6.54 Å². The predicted molar refractivity (Wildman–Crippen MR) is 73.0 cm³/mol. The highest BCUT2D eigenvalue weighted by atomic mass is 16.5. The molecule has 0 fully saturated rings. The van der Waals surface area contributed by atoms with Gasteiger partial charge in [-0.05, 0) is 26.0 Å². The first-order chi connectivity index (χ1) is 8.75. The highest BCUT2D eigenvalue weighted by Gasteiger charge is 2.00. The van der Waals surface area contributed by atoms with Crippen LogP contribution in [-0.4, -0.2) is 22.9 Å². The third-order valence-electron chi connectivity index (χ3n) is 2.56. The van der Waals surface area contributed by atoms with Crippen LogP contribution in [-0.2, 0) is 0 Å². The molecule has 0 spiro atoms. The number of benzene rings is 1. The summed E-state index contributed by atoms with van der Waals surface area (Å²) in [7, 11) is 0. The van der Waals surface area contributed by atoms with E-state index in [1.807, 2.05) is 47.3 Å². The van der Waals surface area contributed by atoms with Crippen molar-refractivity contribution in [3.63, 3.8) is 0 Å². The highest BCUT2D eigenvalue weighted by molar-refractivity contribution is 5.32. The van der Waals surface area contributed by atoms with Crippen LogP contribution in [0.25, 0.3) is 0 Å². The molecule has 96 valence electrons. The lowest BCUT2D eigenvalue weighted by Crippen LogP contribution is -2.12. The zero-order chi connectivity index (χ0) is 12.8. The molecular weight excluding hydrogens is 226 g/mol. The van der Waals surface area contributed by atoms with Gasteiger partial charge >= 0.3 is 0 Å². The number of nitrogens with zero attached hydrogens (tertiary/aromatic N) is 2. The smallest absolute Gasteiger partial charge is 0.148 e. The summed E-state index contributed by atoms with van der Waals surface area (Å²) in [4.78, 5) is 0. The molecule has 0 atom stereocenters. The van der Waals surface area contributed by atoms with Gasteiger partial charge in [-0.2, -0.15) is 5.10 Å². The van der Waals surface area contributed by atoms with Gasteiger partial charge in [-0.1, -0.05) is 18.2 Å². The second-order valence-electron chi connectivity index (χ2n) is 4.36.